The lowest BCUT2D eigenvalue weighted by Gasteiger charge is -2.09. The van der Waals surface area contributed by atoms with Gasteiger partial charge < -0.3 is 19.6 Å². The number of phenols is 1. The zero-order chi connectivity index (χ0) is 15.5. The second kappa shape index (κ2) is 5.77. The van der Waals surface area contributed by atoms with Crippen LogP contribution in [-0.2, 0) is 4.79 Å². The van der Waals surface area contributed by atoms with Gasteiger partial charge in [-0.2, -0.15) is 0 Å². The molecule has 1 amide bonds. The van der Waals surface area contributed by atoms with Gasteiger partial charge in [0.1, 0.15) is 5.75 Å². The van der Waals surface area contributed by atoms with Crippen LogP contribution in [0.4, 0.5) is 5.69 Å². The van der Waals surface area contributed by atoms with Gasteiger partial charge >= 0.3 is 0 Å². The molecular formula is C16H15N3O3. The van der Waals surface area contributed by atoms with Crippen molar-refractivity contribution in [1.82, 2.24) is 9.38 Å². The number of hydrogen-bond acceptors (Lipinski definition) is 4. The fraction of sp³-hybridized carbons (Fsp3) is 0.125. The fourth-order valence-corrected chi connectivity index (χ4v) is 2.13. The van der Waals surface area contributed by atoms with E-state index in [0.29, 0.717) is 17.1 Å². The minimum Gasteiger partial charge on any atom is -0.506 e. The van der Waals surface area contributed by atoms with Crippen molar-refractivity contribution in [2.45, 2.75) is 6.92 Å². The molecule has 0 atom stereocenters. The molecular weight excluding hydrogens is 282 g/mol. The predicted octanol–water partition coefficient (Wildman–Crippen LogP) is 2.37. The monoisotopic (exact) mass is 297 g/mol. The Balaban J connectivity index is 1.69. The van der Waals surface area contributed by atoms with Crippen LogP contribution in [0.5, 0.6) is 11.5 Å². The Morgan fingerprint density at radius 2 is 2.14 bits per heavy atom. The van der Waals surface area contributed by atoms with Crippen LogP contribution in [0.25, 0.3) is 5.65 Å². The number of pyridine rings is 1. The molecule has 112 valence electrons. The number of carbonyl (C=O) groups excluding carboxylic acids is 1. The maximum atomic E-state index is 11.9. The van der Waals surface area contributed by atoms with Gasteiger partial charge in [0.25, 0.3) is 5.91 Å². The summed E-state index contributed by atoms with van der Waals surface area (Å²) in [5.74, 6) is 0.191. The third kappa shape index (κ3) is 2.85. The first-order chi connectivity index (χ1) is 10.6. The maximum Gasteiger partial charge on any atom is 0.262 e. The Morgan fingerprint density at radius 3 is 2.95 bits per heavy atom. The Kier molecular flexibility index (Phi) is 3.65. The molecule has 3 aromatic rings. The summed E-state index contributed by atoms with van der Waals surface area (Å²) in [5.41, 5.74) is 1.89. The van der Waals surface area contributed by atoms with Crippen molar-refractivity contribution >= 4 is 17.2 Å². The lowest BCUT2D eigenvalue weighted by Crippen LogP contribution is -2.20. The number of aryl methyl sites for hydroxylation is 1. The topological polar surface area (TPSA) is 75.9 Å². The van der Waals surface area contributed by atoms with E-state index < -0.39 is 0 Å². The van der Waals surface area contributed by atoms with E-state index in [1.807, 2.05) is 29.8 Å². The molecule has 1 aromatic carbocycles. The molecule has 0 aliphatic carbocycles. The average molecular weight is 297 g/mol. The molecule has 22 heavy (non-hydrogen) atoms. The second-order valence-corrected chi connectivity index (χ2v) is 4.84. The Hall–Kier alpha value is -3.02. The molecule has 0 aliphatic rings. The Morgan fingerprint density at radius 1 is 1.32 bits per heavy atom. The van der Waals surface area contributed by atoms with Crippen LogP contribution >= 0.6 is 0 Å². The third-order valence-corrected chi connectivity index (χ3v) is 3.10. The van der Waals surface area contributed by atoms with Crippen LogP contribution in [-0.4, -0.2) is 27.0 Å². The highest BCUT2D eigenvalue weighted by atomic mass is 16.5. The molecule has 0 bridgehead atoms. The number of ether oxygens (including phenoxy) is 1. The van der Waals surface area contributed by atoms with Gasteiger partial charge in [-0.3, -0.25) is 4.79 Å². The number of anilines is 1. The second-order valence-electron chi connectivity index (χ2n) is 4.84. The molecule has 2 aromatic heterocycles. The molecule has 2 N–H and O–H groups in total. The maximum absolute atomic E-state index is 11.9. The summed E-state index contributed by atoms with van der Waals surface area (Å²) in [6.07, 6.45) is 3.74. The van der Waals surface area contributed by atoms with Gasteiger partial charge in [-0.15, -0.1) is 0 Å². The van der Waals surface area contributed by atoms with E-state index in [9.17, 15) is 9.90 Å². The molecule has 0 unspecified atom stereocenters. The van der Waals surface area contributed by atoms with Gasteiger partial charge in [-0.05, 0) is 31.2 Å². The lowest BCUT2D eigenvalue weighted by molar-refractivity contribution is -0.118. The van der Waals surface area contributed by atoms with Crippen LogP contribution in [0.15, 0.2) is 48.8 Å². The molecule has 6 nitrogen and oxygen atoms in total. The van der Waals surface area contributed by atoms with Crippen molar-refractivity contribution in [3.8, 4) is 11.5 Å². The number of imidazole rings is 1. The summed E-state index contributed by atoms with van der Waals surface area (Å²) in [4.78, 5) is 16.3. The van der Waals surface area contributed by atoms with E-state index in [-0.39, 0.29) is 18.3 Å². The van der Waals surface area contributed by atoms with Gasteiger partial charge in [0.05, 0.1) is 11.4 Å². The normalized spacial score (nSPS) is 10.6. The number of carbonyl (C=O) groups is 1. The summed E-state index contributed by atoms with van der Waals surface area (Å²) in [5, 5.41) is 12.2. The number of phenolic OH excluding ortho intramolecular Hbond substituents is 1. The van der Waals surface area contributed by atoms with Crippen LogP contribution in [0.1, 0.15) is 5.69 Å². The van der Waals surface area contributed by atoms with Crippen molar-refractivity contribution < 1.29 is 14.6 Å². The lowest BCUT2D eigenvalue weighted by atomic mass is 10.3. The quantitative estimate of drug-likeness (QED) is 0.725. The van der Waals surface area contributed by atoms with E-state index in [0.717, 1.165) is 5.69 Å². The zero-order valence-electron chi connectivity index (χ0n) is 12.0. The first kappa shape index (κ1) is 13.9. The first-order valence-corrected chi connectivity index (χ1v) is 6.78. The van der Waals surface area contributed by atoms with Crippen molar-refractivity contribution in [2.75, 3.05) is 11.9 Å². The standard InChI is InChI=1S/C16H15N3O3/c1-11-9-19-8-4-7-14(16(19)17-11)22-10-15(21)18-12-5-2-3-6-13(12)20/h2-9,20H,10H2,1H3,(H,18,21). The van der Waals surface area contributed by atoms with Gasteiger partial charge in [-0.25, -0.2) is 4.98 Å². The smallest absolute Gasteiger partial charge is 0.262 e. The Labute approximate surface area is 127 Å². The van der Waals surface area contributed by atoms with Crippen molar-refractivity contribution in [2.24, 2.45) is 0 Å². The molecule has 0 saturated heterocycles. The Bertz CT molecular complexity index is 826. The molecule has 0 fully saturated rings. The summed E-state index contributed by atoms with van der Waals surface area (Å²) in [7, 11) is 0. The molecule has 3 rings (SSSR count). The molecule has 0 radical (unpaired) electrons. The van der Waals surface area contributed by atoms with E-state index in [1.54, 1.807) is 24.3 Å². The average Bonchev–Trinajstić information content (AvgIpc) is 2.88. The highest BCUT2D eigenvalue weighted by Crippen LogP contribution is 2.22. The van der Waals surface area contributed by atoms with Crippen LogP contribution in [0.2, 0.25) is 0 Å². The van der Waals surface area contributed by atoms with Crippen molar-refractivity contribution in [3.05, 3.63) is 54.5 Å². The number of rotatable bonds is 4. The van der Waals surface area contributed by atoms with Crippen LogP contribution < -0.4 is 10.1 Å². The van der Waals surface area contributed by atoms with E-state index >= 15 is 0 Å². The largest absolute Gasteiger partial charge is 0.506 e. The summed E-state index contributed by atoms with van der Waals surface area (Å²) >= 11 is 0. The number of aromatic nitrogens is 2. The van der Waals surface area contributed by atoms with E-state index in [2.05, 4.69) is 10.3 Å². The van der Waals surface area contributed by atoms with Crippen molar-refractivity contribution in [1.29, 1.82) is 0 Å². The van der Waals surface area contributed by atoms with E-state index in [4.69, 9.17) is 4.74 Å². The molecule has 0 spiro atoms. The number of hydrogen-bond donors (Lipinski definition) is 2. The van der Waals surface area contributed by atoms with Crippen LogP contribution in [0.3, 0.4) is 0 Å². The summed E-state index contributed by atoms with van der Waals surface area (Å²) in [6, 6.07) is 10.1. The highest BCUT2D eigenvalue weighted by Gasteiger charge is 2.09. The van der Waals surface area contributed by atoms with Gasteiger partial charge in [0.15, 0.2) is 18.0 Å². The minimum atomic E-state index is -0.355. The summed E-state index contributed by atoms with van der Waals surface area (Å²) in [6.45, 7) is 1.72. The van der Waals surface area contributed by atoms with Gasteiger partial charge in [-0.1, -0.05) is 12.1 Å². The van der Waals surface area contributed by atoms with Gasteiger partial charge in [0, 0.05) is 12.4 Å². The molecule has 6 heteroatoms. The molecule has 0 saturated carbocycles. The predicted molar refractivity (Wildman–Crippen MR) is 82.2 cm³/mol. The molecule has 2 heterocycles. The third-order valence-electron chi connectivity index (χ3n) is 3.10. The van der Waals surface area contributed by atoms with Crippen molar-refractivity contribution in [3.63, 3.8) is 0 Å². The fourth-order valence-electron chi connectivity index (χ4n) is 2.13. The first-order valence-electron chi connectivity index (χ1n) is 6.78. The number of fused-ring (bicyclic) bond motifs is 1. The van der Waals surface area contributed by atoms with Gasteiger partial charge in [0.2, 0.25) is 0 Å². The molecule has 0 aliphatic heterocycles. The zero-order valence-corrected chi connectivity index (χ0v) is 12.0. The number of nitrogens with zero attached hydrogens (tertiary/aromatic N) is 2. The SMILES string of the molecule is Cc1cn2cccc(OCC(=O)Nc3ccccc3O)c2n1. The number of nitrogens with one attached hydrogen (secondary N) is 1. The number of benzene rings is 1. The summed E-state index contributed by atoms with van der Waals surface area (Å²) < 4.78 is 7.37. The van der Waals surface area contributed by atoms with Crippen LogP contribution in [0, 0.1) is 6.92 Å². The highest BCUT2D eigenvalue weighted by molar-refractivity contribution is 5.93. The minimum absolute atomic E-state index is 0.0156. The number of amides is 1. The van der Waals surface area contributed by atoms with E-state index in [1.165, 1.54) is 6.07 Å². The number of aromatic hydroxyl groups is 1. The number of para-hydroxylation sites is 2.